The molecule has 1 aliphatic heterocycles. The van der Waals surface area contributed by atoms with Crippen molar-refractivity contribution in [2.45, 2.75) is 58.2 Å². The van der Waals surface area contributed by atoms with Crippen LogP contribution in [0.15, 0.2) is 0 Å². The zero-order valence-corrected chi connectivity index (χ0v) is 11.3. The first-order chi connectivity index (χ1) is 7.54. The number of hydrogen-bond donors (Lipinski definition) is 1. The standard InChI is InChI=1S/C13H28N2O/c1-5-13(16)7-6-8-15-9-11(2)14(4)12(3)10-15/h11-13,16H,5-10H2,1-4H3. The van der Waals surface area contributed by atoms with Crippen LogP contribution in [0.2, 0.25) is 0 Å². The van der Waals surface area contributed by atoms with Gasteiger partial charge < -0.3 is 10.0 Å². The lowest BCUT2D eigenvalue weighted by atomic mass is 10.1. The molecule has 1 rings (SSSR count). The summed E-state index contributed by atoms with van der Waals surface area (Å²) in [5, 5.41) is 9.51. The van der Waals surface area contributed by atoms with Crippen molar-refractivity contribution < 1.29 is 5.11 Å². The van der Waals surface area contributed by atoms with Gasteiger partial charge in [-0.2, -0.15) is 0 Å². The smallest absolute Gasteiger partial charge is 0.0538 e. The normalized spacial score (nSPS) is 30.6. The quantitative estimate of drug-likeness (QED) is 0.773. The number of hydrogen-bond acceptors (Lipinski definition) is 3. The van der Waals surface area contributed by atoms with E-state index in [4.69, 9.17) is 0 Å². The zero-order chi connectivity index (χ0) is 12.1. The van der Waals surface area contributed by atoms with Crippen LogP contribution < -0.4 is 0 Å². The molecule has 0 aromatic heterocycles. The minimum Gasteiger partial charge on any atom is -0.393 e. The van der Waals surface area contributed by atoms with Crippen LogP contribution in [-0.4, -0.2) is 59.8 Å². The van der Waals surface area contributed by atoms with E-state index in [-0.39, 0.29) is 6.10 Å². The van der Waals surface area contributed by atoms with Crippen LogP contribution >= 0.6 is 0 Å². The molecule has 3 atom stereocenters. The van der Waals surface area contributed by atoms with Gasteiger partial charge in [0.25, 0.3) is 0 Å². The SMILES string of the molecule is CCC(O)CCCN1CC(C)N(C)C(C)C1. The average molecular weight is 228 g/mol. The predicted octanol–water partition coefficient (Wildman–Crippen LogP) is 1.56. The first-order valence-corrected chi connectivity index (χ1v) is 6.67. The fraction of sp³-hybridized carbons (Fsp3) is 1.00. The molecule has 16 heavy (non-hydrogen) atoms. The molecule has 1 saturated heterocycles. The highest BCUT2D eigenvalue weighted by Crippen LogP contribution is 2.14. The number of likely N-dealkylation sites (N-methyl/N-ethyl adjacent to an activating group) is 1. The molecule has 3 nitrogen and oxygen atoms in total. The predicted molar refractivity (Wildman–Crippen MR) is 68.7 cm³/mol. The Labute approximate surface area is 100 Å². The number of rotatable bonds is 5. The van der Waals surface area contributed by atoms with Crippen molar-refractivity contribution >= 4 is 0 Å². The highest BCUT2D eigenvalue weighted by Gasteiger charge is 2.25. The summed E-state index contributed by atoms with van der Waals surface area (Å²) >= 11 is 0. The highest BCUT2D eigenvalue weighted by molar-refractivity contribution is 4.82. The maximum atomic E-state index is 9.51. The monoisotopic (exact) mass is 228 g/mol. The molecule has 0 amide bonds. The van der Waals surface area contributed by atoms with Crippen LogP contribution in [0, 0.1) is 0 Å². The maximum absolute atomic E-state index is 9.51. The number of aliphatic hydroxyl groups excluding tert-OH is 1. The van der Waals surface area contributed by atoms with Crippen LogP contribution in [0.5, 0.6) is 0 Å². The Bertz CT molecular complexity index is 186. The van der Waals surface area contributed by atoms with Crippen molar-refractivity contribution in [1.29, 1.82) is 0 Å². The summed E-state index contributed by atoms with van der Waals surface area (Å²) in [6, 6.07) is 1.31. The average Bonchev–Trinajstić information content (AvgIpc) is 2.25. The van der Waals surface area contributed by atoms with Crippen molar-refractivity contribution in [2.75, 3.05) is 26.7 Å². The Hall–Kier alpha value is -0.120. The van der Waals surface area contributed by atoms with Gasteiger partial charge in [-0.05, 0) is 46.7 Å². The molecular formula is C13H28N2O. The lowest BCUT2D eigenvalue weighted by Gasteiger charge is -2.42. The van der Waals surface area contributed by atoms with Gasteiger partial charge in [0.05, 0.1) is 6.10 Å². The van der Waals surface area contributed by atoms with Crippen LogP contribution in [0.25, 0.3) is 0 Å². The number of aliphatic hydroxyl groups is 1. The summed E-state index contributed by atoms with van der Waals surface area (Å²) in [5.74, 6) is 0. The Balaban J connectivity index is 2.23. The fourth-order valence-electron chi connectivity index (χ4n) is 2.45. The Morgan fingerprint density at radius 3 is 2.31 bits per heavy atom. The molecule has 1 fully saturated rings. The molecule has 96 valence electrons. The molecule has 0 spiro atoms. The van der Waals surface area contributed by atoms with E-state index in [1.807, 2.05) is 6.92 Å². The van der Waals surface area contributed by atoms with E-state index in [1.54, 1.807) is 0 Å². The van der Waals surface area contributed by atoms with E-state index >= 15 is 0 Å². The van der Waals surface area contributed by atoms with Gasteiger partial charge in [-0.25, -0.2) is 0 Å². The summed E-state index contributed by atoms with van der Waals surface area (Å²) < 4.78 is 0. The van der Waals surface area contributed by atoms with E-state index < -0.39 is 0 Å². The number of piperazine rings is 1. The van der Waals surface area contributed by atoms with Gasteiger partial charge in [0.2, 0.25) is 0 Å². The first-order valence-electron chi connectivity index (χ1n) is 6.67. The van der Waals surface area contributed by atoms with Crippen LogP contribution in [0.3, 0.4) is 0 Å². The van der Waals surface area contributed by atoms with E-state index in [9.17, 15) is 5.11 Å². The maximum Gasteiger partial charge on any atom is 0.0538 e. The zero-order valence-electron chi connectivity index (χ0n) is 11.3. The van der Waals surface area contributed by atoms with E-state index in [0.29, 0.717) is 12.1 Å². The summed E-state index contributed by atoms with van der Waals surface area (Å²) in [5.41, 5.74) is 0. The second kappa shape index (κ2) is 6.58. The topological polar surface area (TPSA) is 26.7 Å². The van der Waals surface area contributed by atoms with Crippen molar-refractivity contribution in [3.05, 3.63) is 0 Å². The summed E-state index contributed by atoms with van der Waals surface area (Å²) in [4.78, 5) is 5.00. The van der Waals surface area contributed by atoms with E-state index in [1.165, 1.54) is 13.1 Å². The highest BCUT2D eigenvalue weighted by atomic mass is 16.3. The lowest BCUT2D eigenvalue weighted by Crippen LogP contribution is -2.54. The summed E-state index contributed by atoms with van der Waals surface area (Å²) in [6.45, 7) is 10.1. The molecule has 1 heterocycles. The van der Waals surface area contributed by atoms with Crippen LogP contribution in [-0.2, 0) is 0 Å². The molecule has 1 N–H and O–H groups in total. The minimum atomic E-state index is -0.0951. The second-order valence-electron chi connectivity index (χ2n) is 5.33. The second-order valence-corrected chi connectivity index (χ2v) is 5.33. The van der Waals surface area contributed by atoms with Gasteiger partial charge in [-0.15, -0.1) is 0 Å². The molecule has 0 aliphatic carbocycles. The van der Waals surface area contributed by atoms with Gasteiger partial charge in [0.15, 0.2) is 0 Å². The molecule has 3 unspecified atom stereocenters. The van der Waals surface area contributed by atoms with E-state index in [0.717, 1.165) is 25.8 Å². The molecule has 1 aliphatic rings. The van der Waals surface area contributed by atoms with Crippen molar-refractivity contribution in [3.63, 3.8) is 0 Å². The van der Waals surface area contributed by atoms with E-state index in [2.05, 4.69) is 30.7 Å². The summed E-state index contributed by atoms with van der Waals surface area (Å²) in [7, 11) is 2.22. The molecule has 0 aromatic rings. The third-order valence-electron chi connectivity index (χ3n) is 3.92. The van der Waals surface area contributed by atoms with Crippen molar-refractivity contribution in [1.82, 2.24) is 9.80 Å². The van der Waals surface area contributed by atoms with Gasteiger partial charge in [0.1, 0.15) is 0 Å². The van der Waals surface area contributed by atoms with Crippen LogP contribution in [0.4, 0.5) is 0 Å². The van der Waals surface area contributed by atoms with Crippen molar-refractivity contribution in [2.24, 2.45) is 0 Å². The third kappa shape index (κ3) is 4.04. The number of nitrogens with zero attached hydrogens (tertiary/aromatic N) is 2. The first kappa shape index (κ1) is 13.9. The van der Waals surface area contributed by atoms with Gasteiger partial charge in [0, 0.05) is 25.2 Å². The molecule has 3 heteroatoms. The van der Waals surface area contributed by atoms with Gasteiger partial charge in [-0.1, -0.05) is 6.92 Å². The molecule has 0 saturated carbocycles. The molecule has 0 radical (unpaired) electrons. The molecule has 0 bridgehead atoms. The molecular weight excluding hydrogens is 200 g/mol. The molecule has 0 aromatic carbocycles. The Kier molecular flexibility index (Phi) is 5.73. The minimum absolute atomic E-state index is 0.0951. The van der Waals surface area contributed by atoms with Crippen molar-refractivity contribution in [3.8, 4) is 0 Å². The fourth-order valence-corrected chi connectivity index (χ4v) is 2.45. The largest absolute Gasteiger partial charge is 0.393 e. The third-order valence-corrected chi connectivity index (χ3v) is 3.92. The Morgan fingerprint density at radius 2 is 1.81 bits per heavy atom. The van der Waals surface area contributed by atoms with Gasteiger partial charge >= 0.3 is 0 Å². The van der Waals surface area contributed by atoms with Gasteiger partial charge in [-0.3, -0.25) is 4.90 Å². The Morgan fingerprint density at radius 1 is 1.25 bits per heavy atom. The van der Waals surface area contributed by atoms with Crippen LogP contribution in [0.1, 0.15) is 40.0 Å². The lowest BCUT2D eigenvalue weighted by molar-refractivity contribution is 0.0559. The summed E-state index contributed by atoms with van der Waals surface area (Å²) in [6.07, 6.45) is 2.86.